The van der Waals surface area contributed by atoms with Gasteiger partial charge >= 0.3 is 5.97 Å². The van der Waals surface area contributed by atoms with Crippen molar-refractivity contribution in [3.63, 3.8) is 0 Å². The van der Waals surface area contributed by atoms with Gasteiger partial charge in [0, 0.05) is 30.6 Å². The number of thiophene rings is 1. The molecule has 0 aliphatic carbocycles. The van der Waals surface area contributed by atoms with Crippen LogP contribution in [0.5, 0.6) is 0 Å². The molecule has 0 bridgehead atoms. The molecule has 0 saturated carbocycles. The molecule has 38 heavy (non-hydrogen) atoms. The van der Waals surface area contributed by atoms with Crippen molar-refractivity contribution in [2.75, 3.05) is 24.5 Å². The number of aryl methyl sites for hydroxylation is 1. The summed E-state index contributed by atoms with van der Waals surface area (Å²) in [4.78, 5) is 45.1. The van der Waals surface area contributed by atoms with Gasteiger partial charge in [0.25, 0.3) is 0 Å². The molecule has 5 rings (SSSR count). The lowest BCUT2D eigenvalue weighted by molar-refractivity contribution is -0.142. The number of carbonyl (C=O) groups excluding carboxylic acids is 1. The standard InChI is InChI=1S/C27H33N5O3S2.CH4/c1-3-19-5-4-8-32(19)15-23-26(22-11-17(2)16-36-22)30-25(37-23)12-21(33)20-13-29-24(14-28-20)31-9-6-18(7-10-31)27(34)35;/h11,13-14,16,18-19H,3-10,12,15H2,1-2H3,(H,34,35);1H4/t19-;/m1./s1. The normalized spacial score (nSPS) is 18.5. The summed E-state index contributed by atoms with van der Waals surface area (Å²) < 4.78 is 0. The van der Waals surface area contributed by atoms with Gasteiger partial charge in [0.1, 0.15) is 16.5 Å². The van der Waals surface area contributed by atoms with Crippen molar-refractivity contribution in [3.8, 4) is 10.6 Å². The fourth-order valence-electron chi connectivity index (χ4n) is 5.29. The molecule has 2 saturated heterocycles. The molecule has 204 valence electrons. The first-order valence-corrected chi connectivity index (χ1v) is 14.7. The van der Waals surface area contributed by atoms with E-state index < -0.39 is 5.97 Å². The molecule has 0 radical (unpaired) electrons. The molecular weight excluding hydrogens is 518 g/mol. The zero-order chi connectivity index (χ0) is 25.9. The van der Waals surface area contributed by atoms with Crippen LogP contribution in [0.15, 0.2) is 23.8 Å². The van der Waals surface area contributed by atoms with Crippen LogP contribution < -0.4 is 4.90 Å². The molecule has 0 amide bonds. The average molecular weight is 556 g/mol. The quantitative estimate of drug-likeness (QED) is 0.335. The maximum atomic E-state index is 13.1. The summed E-state index contributed by atoms with van der Waals surface area (Å²) in [5.74, 6) is -0.441. The van der Waals surface area contributed by atoms with E-state index in [1.807, 2.05) is 4.90 Å². The molecule has 0 spiro atoms. The van der Waals surface area contributed by atoms with Crippen molar-refractivity contribution in [3.05, 3.63) is 45.0 Å². The Morgan fingerprint density at radius 3 is 2.55 bits per heavy atom. The van der Waals surface area contributed by atoms with E-state index in [1.54, 1.807) is 28.9 Å². The number of carboxylic acids is 1. The summed E-state index contributed by atoms with van der Waals surface area (Å²) in [6.07, 6.45) is 8.19. The number of rotatable bonds is 9. The Kier molecular flexibility index (Phi) is 9.27. The zero-order valence-electron chi connectivity index (χ0n) is 21.4. The number of carboxylic acid groups (broad SMARTS) is 1. The fraction of sp³-hybridized carbons (Fsp3) is 0.536. The third-order valence-corrected chi connectivity index (χ3v) is 9.52. The Morgan fingerprint density at radius 2 is 1.92 bits per heavy atom. The molecule has 3 aromatic heterocycles. The van der Waals surface area contributed by atoms with Gasteiger partial charge in [0.15, 0.2) is 5.78 Å². The maximum absolute atomic E-state index is 13.1. The van der Waals surface area contributed by atoms with E-state index in [1.165, 1.54) is 29.5 Å². The van der Waals surface area contributed by atoms with E-state index in [0.29, 0.717) is 43.5 Å². The van der Waals surface area contributed by atoms with Crippen molar-refractivity contribution in [1.29, 1.82) is 0 Å². The number of aliphatic carboxylic acids is 1. The molecule has 10 heteroatoms. The summed E-state index contributed by atoms with van der Waals surface area (Å²) in [5.41, 5.74) is 2.57. The number of piperidine rings is 1. The first-order valence-electron chi connectivity index (χ1n) is 13.0. The summed E-state index contributed by atoms with van der Waals surface area (Å²) in [5, 5.41) is 12.2. The number of hydrogen-bond donors (Lipinski definition) is 1. The predicted octanol–water partition coefficient (Wildman–Crippen LogP) is 5.71. The predicted molar refractivity (Wildman–Crippen MR) is 153 cm³/mol. The van der Waals surface area contributed by atoms with Crippen LogP contribution in [0.25, 0.3) is 10.6 Å². The SMILES string of the molecule is C.CC[C@@H]1CCCN1Cc1sc(CC(=O)c2cnc(N3CCC(C(=O)O)CC3)cn2)nc1-c1cc(C)cs1. The monoisotopic (exact) mass is 555 g/mol. The molecule has 0 unspecified atom stereocenters. The summed E-state index contributed by atoms with van der Waals surface area (Å²) in [6, 6.07) is 2.80. The first-order chi connectivity index (χ1) is 17.9. The summed E-state index contributed by atoms with van der Waals surface area (Å²) in [7, 11) is 0. The molecule has 2 aliphatic heterocycles. The largest absolute Gasteiger partial charge is 0.481 e. The molecular formula is C28H37N5O3S2. The second-order valence-electron chi connectivity index (χ2n) is 10.0. The number of hydrogen-bond acceptors (Lipinski definition) is 9. The molecule has 0 aromatic carbocycles. The van der Waals surface area contributed by atoms with E-state index in [2.05, 4.69) is 40.2 Å². The second kappa shape index (κ2) is 12.4. The van der Waals surface area contributed by atoms with E-state index in [9.17, 15) is 14.7 Å². The lowest BCUT2D eigenvalue weighted by Crippen LogP contribution is -2.36. The molecule has 1 atom stereocenters. The van der Waals surface area contributed by atoms with Crippen LogP contribution in [-0.4, -0.2) is 62.4 Å². The number of anilines is 1. The highest BCUT2D eigenvalue weighted by Crippen LogP contribution is 2.35. The van der Waals surface area contributed by atoms with Crippen LogP contribution in [0.1, 0.15) is 72.4 Å². The van der Waals surface area contributed by atoms with Gasteiger partial charge in [-0.1, -0.05) is 14.4 Å². The zero-order valence-corrected chi connectivity index (χ0v) is 23.0. The highest BCUT2D eigenvalue weighted by Gasteiger charge is 2.27. The van der Waals surface area contributed by atoms with Crippen molar-refractivity contribution in [2.45, 2.75) is 72.4 Å². The Balaban J connectivity index is 0.00000336. The second-order valence-corrected chi connectivity index (χ2v) is 12.1. The van der Waals surface area contributed by atoms with Gasteiger partial charge in [0.2, 0.25) is 0 Å². The molecule has 2 aliphatic rings. The van der Waals surface area contributed by atoms with Crippen LogP contribution in [0, 0.1) is 12.8 Å². The molecule has 1 N–H and O–H groups in total. The van der Waals surface area contributed by atoms with Gasteiger partial charge in [-0.2, -0.15) is 0 Å². The average Bonchev–Trinajstić information content (AvgIpc) is 3.64. The number of Topliss-reactive ketones (excluding diaryl/α,β-unsaturated/α-hetero) is 1. The number of aromatic nitrogens is 3. The number of nitrogens with zero attached hydrogens (tertiary/aromatic N) is 5. The van der Waals surface area contributed by atoms with E-state index in [0.717, 1.165) is 35.1 Å². The highest BCUT2D eigenvalue weighted by atomic mass is 32.1. The molecule has 5 heterocycles. The Bertz CT molecular complexity index is 1250. The van der Waals surface area contributed by atoms with Gasteiger partial charge in [-0.05, 0) is 62.6 Å². The maximum Gasteiger partial charge on any atom is 0.306 e. The minimum atomic E-state index is -0.736. The van der Waals surface area contributed by atoms with Gasteiger partial charge < -0.3 is 10.0 Å². The fourth-order valence-corrected chi connectivity index (χ4v) is 7.38. The minimum absolute atomic E-state index is 0. The Labute approximate surface area is 232 Å². The van der Waals surface area contributed by atoms with Crippen LogP contribution in [0.4, 0.5) is 5.82 Å². The first kappa shape index (κ1) is 28.3. The molecule has 2 fully saturated rings. The summed E-state index contributed by atoms with van der Waals surface area (Å²) >= 11 is 3.35. The van der Waals surface area contributed by atoms with Gasteiger partial charge in [0.05, 0.1) is 35.3 Å². The van der Waals surface area contributed by atoms with Crippen LogP contribution in [-0.2, 0) is 17.8 Å². The smallest absolute Gasteiger partial charge is 0.306 e. The third-order valence-electron chi connectivity index (χ3n) is 7.43. The van der Waals surface area contributed by atoms with Crippen LogP contribution in [0.2, 0.25) is 0 Å². The van der Waals surface area contributed by atoms with E-state index in [4.69, 9.17) is 4.98 Å². The lowest BCUT2D eigenvalue weighted by Gasteiger charge is -2.30. The van der Waals surface area contributed by atoms with Crippen molar-refractivity contribution < 1.29 is 14.7 Å². The number of carbonyl (C=O) groups is 2. The van der Waals surface area contributed by atoms with E-state index in [-0.39, 0.29) is 25.5 Å². The number of ketones is 1. The van der Waals surface area contributed by atoms with Crippen molar-refractivity contribution in [1.82, 2.24) is 19.9 Å². The third kappa shape index (κ3) is 6.30. The topological polar surface area (TPSA) is 99.5 Å². The Morgan fingerprint density at radius 1 is 1.13 bits per heavy atom. The van der Waals surface area contributed by atoms with Gasteiger partial charge in [-0.3, -0.25) is 14.5 Å². The molecule has 3 aromatic rings. The van der Waals surface area contributed by atoms with E-state index >= 15 is 0 Å². The highest BCUT2D eigenvalue weighted by molar-refractivity contribution is 7.15. The van der Waals surface area contributed by atoms with Crippen molar-refractivity contribution >= 4 is 40.2 Å². The number of thiazole rings is 1. The van der Waals surface area contributed by atoms with Gasteiger partial charge in [-0.15, -0.1) is 22.7 Å². The lowest BCUT2D eigenvalue weighted by atomic mass is 9.97. The number of likely N-dealkylation sites (tertiary alicyclic amines) is 1. The van der Waals surface area contributed by atoms with Crippen LogP contribution in [0.3, 0.4) is 0 Å². The van der Waals surface area contributed by atoms with Gasteiger partial charge in [-0.25, -0.2) is 15.0 Å². The molecule has 8 nitrogen and oxygen atoms in total. The Hall–Kier alpha value is -2.69. The summed E-state index contributed by atoms with van der Waals surface area (Å²) in [6.45, 7) is 7.60. The van der Waals surface area contributed by atoms with Crippen LogP contribution >= 0.6 is 22.7 Å². The van der Waals surface area contributed by atoms with Crippen molar-refractivity contribution in [2.24, 2.45) is 5.92 Å². The minimum Gasteiger partial charge on any atom is -0.481 e.